The minimum Gasteiger partial charge on any atom is -0.469 e. The summed E-state index contributed by atoms with van der Waals surface area (Å²) in [6.45, 7) is 0.468. The van der Waals surface area contributed by atoms with Crippen molar-refractivity contribution in [2.75, 3.05) is 6.79 Å². The number of carbonyl (C=O) groups excluding carboxylic acids is 1. The van der Waals surface area contributed by atoms with Crippen LogP contribution in [0.2, 0.25) is 0 Å². The van der Waals surface area contributed by atoms with Crippen molar-refractivity contribution in [3.63, 3.8) is 0 Å². The van der Waals surface area contributed by atoms with Crippen molar-refractivity contribution < 1.29 is 23.4 Å². The lowest BCUT2D eigenvalue weighted by Crippen LogP contribution is -2.05. The normalized spacial score (nSPS) is 12.4. The molecule has 0 bridgehead atoms. The molecule has 3 rings (SSSR count). The van der Waals surface area contributed by atoms with Gasteiger partial charge in [-0.25, -0.2) is 0 Å². The van der Waals surface area contributed by atoms with E-state index < -0.39 is 0 Å². The number of esters is 1. The highest BCUT2D eigenvalue weighted by atomic mass is 16.7. The first kappa shape index (κ1) is 12.6. The molecule has 1 aliphatic heterocycles. The Hall–Kier alpha value is -2.43. The summed E-state index contributed by atoms with van der Waals surface area (Å²) in [4.78, 5) is 11.6. The Balaban J connectivity index is 1.48. The van der Waals surface area contributed by atoms with E-state index in [-0.39, 0.29) is 19.4 Å². The lowest BCUT2D eigenvalue weighted by atomic mass is 10.2. The van der Waals surface area contributed by atoms with Gasteiger partial charge >= 0.3 is 5.97 Å². The van der Waals surface area contributed by atoms with E-state index in [1.165, 1.54) is 0 Å². The minimum absolute atomic E-state index is 0.230. The van der Waals surface area contributed by atoms with E-state index in [1.54, 1.807) is 12.3 Å². The van der Waals surface area contributed by atoms with Crippen molar-refractivity contribution in [2.24, 2.45) is 0 Å². The number of ether oxygens (including phenoxy) is 3. The molecule has 5 heteroatoms. The molecule has 0 saturated heterocycles. The summed E-state index contributed by atoms with van der Waals surface area (Å²) in [5.41, 5.74) is 0.876. The molecule has 0 N–H and O–H groups in total. The van der Waals surface area contributed by atoms with Crippen LogP contribution in [0.4, 0.5) is 0 Å². The summed E-state index contributed by atoms with van der Waals surface area (Å²) in [6, 6.07) is 9.13. The van der Waals surface area contributed by atoms with Gasteiger partial charge in [-0.05, 0) is 29.8 Å². The van der Waals surface area contributed by atoms with Crippen LogP contribution >= 0.6 is 0 Å². The van der Waals surface area contributed by atoms with Gasteiger partial charge in [-0.3, -0.25) is 4.79 Å². The fourth-order valence-corrected chi connectivity index (χ4v) is 1.95. The van der Waals surface area contributed by atoms with Crippen molar-refractivity contribution in [3.05, 3.63) is 47.9 Å². The van der Waals surface area contributed by atoms with Gasteiger partial charge in [0.15, 0.2) is 11.5 Å². The predicted octanol–water partition coefficient (Wildman–Crippen LogP) is 2.68. The maximum Gasteiger partial charge on any atom is 0.306 e. The van der Waals surface area contributed by atoms with Gasteiger partial charge in [-0.1, -0.05) is 6.07 Å². The summed E-state index contributed by atoms with van der Waals surface area (Å²) < 4.78 is 20.9. The molecule has 0 fully saturated rings. The molecule has 0 saturated carbocycles. The van der Waals surface area contributed by atoms with Gasteiger partial charge in [0, 0.05) is 6.42 Å². The molecule has 20 heavy (non-hydrogen) atoms. The molecule has 0 atom stereocenters. The number of fused-ring (bicyclic) bond motifs is 1. The van der Waals surface area contributed by atoms with Gasteiger partial charge in [0.25, 0.3) is 0 Å². The third kappa shape index (κ3) is 2.93. The summed E-state index contributed by atoms with van der Waals surface area (Å²) in [7, 11) is 0. The van der Waals surface area contributed by atoms with Crippen molar-refractivity contribution in [2.45, 2.75) is 19.4 Å². The van der Waals surface area contributed by atoms with Gasteiger partial charge in [0.1, 0.15) is 12.4 Å². The zero-order chi connectivity index (χ0) is 13.8. The van der Waals surface area contributed by atoms with Crippen molar-refractivity contribution in [3.8, 4) is 11.5 Å². The number of carbonyl (C=O) groups is 1. The predicted molar refractivity (Wildman–Crippen MR) is 69.4 cm³/mol. The average Bonchev–Trinajstić information content (AvgIpc) is 3.13. The number of hydrogen-bond donors (Lipinski definition) is 0. The highest BCUT2D eigenvalue weighted by Gasteiger charge is 2.14. The second kappa shape index (κ2) is 5.69. The maximum absolute atomic E-state index is 11.6. The van der Waals surface area contributed by atoms with Gasteiger partial charge in [-0.2, -0.15) is 0 Å². The highest BCUT2D eigenvalue weighted by Crippen LogP contribution is 2.32. The van der Waals surface area contributed by atoms with Crippen LogP contribution < -0.4 is 9.47 Å². The number of hydrogen-bond acceptors (Lipinski definition) is 5. The smallest absolute Gasteiger partial charge is 0.306 e. The standard InChI is InChI=1S/C15H14O5/c16-15(6-4-12-2-1-7-17-12)18-9-11-3-5-13-14(8-11)20-10-19-13/h1-3,5,7-8H,4,6,9-10H2. The Labute approximate surface area is 116 Å². The molecular formula is C15H14O5. The first-order chi connectivity index (χ1) is 9.81. The molecule has 0 amide bonds. The van der Waals surface area contributed by atoms with E-state index in [0.29, 0.717) is 18.6 Å². The number of benzene rings is 1. The lowest BCUT2D eigenvalue weighted by Gasteiger charge is -2.05. The zero-order valence-electron chi connectivity index (χ0n) is 10.8. The van der Waals surface area contributed by atoms with Crippen LogP contribution in [-0.2, 0) is 22.6 Å². The molecule has 5 nitrogen and oxygen atoms in total. The molecule has 0 aliphatic carbocycles. The van der Waals surface area contributed by atoms with Crippen molar-refractivity contribution in [1.29, 1.82) is 0 Å². The van der Waals surface area contributed by atoms with E-state index in [1.807, 2.05) is 24.3 Å². The largest absolute Gasteiger partial charge is 0.469 e. The van der Waals surface area contributed by atoms with E-state index in [4.69, 9.17) is 18.6 Å². The third-order valence-electron chi connectivity index (χ3n) is 2.99. The fraction of sp³-hybridized carbons (Fsp3) is 0.267. The minimum atomic E-state index is -0.251. The second-order valence-electron chi connectivity index (χ2n) is 4.43. The summed E-state index contributed by atoms with van der Waals surface area (Å²) in [6.07, 6.45) is 2.44. The molecule has 0 unspecified atom stereocenters. The number of aryl methyl sites for hydroxylation is 1. The molecule has 0 radical (unpaired) electrons. The Morgan fingerprint density at radius 1 is 1.20 bits per heavy atom. The van der Waals surface area contributed by atoms with Crippen LogP contribution in [0.5, 0.6) is 11.5 Å². The average molecular weight is 274 g/mol. The SMILES string of the molecule is O=C(CCc1ccco1)OCc1ccc2c(c1)OCO2. The molecule has 2 aromatic rings. The van der Waals surface area contributed by atoms with Gasteiger partial charge in [0.2, 0.25) is 6.79 Å². The Bertz CT molecular complexity index is 588. The van der Waals surface area contributed by atoms with Crippen LogP contribution in [-0.4, -0.2) is 12.8 Å². The second-order valence-corrected chi connectivity index (χ2v) is 4.43. The van der Waals surface area contributed by atoms with Gasteiger partial charge in [0.05, 0.1) is 12.7 Å². The highest BCUT2D eigenvalue weighted by molar-refractivity contribution is 5.69. The number of rotatable bonds is 5. The fourth-order valence-electron chi connectivity index (χ4n) is 1.95. The first-order valence-electron chi connectivity index (χ1n) is 6.38. The molecule has 1 aromatic heterocycles. The molecule has 1 aliphatic rings. The van der Waals surface area contributed by atoms with Crippen molar-refractivity contribution >= 4 is 5.97 Å². The first-order valence-corrected chi connectivity index (χ1v) is 6.38. The van der Waals surface area contributed by atoms with Gasteiger partial charge < -0.3 is 18.6 Å². The van der Waals surface area contributed by atoms with Crippen LogP contribution in [0.3, 0.4) is 0 Å². The molecule has 2 heterocycles. The topological polar surface area (TPSA) is 57.9 Å². The monoisotopic (exact) mass is 274 g/mol. The van der Waals surface area contributed by atoms with Crippen LogP contribution in [0.1, 0.15) is 17.7 Å². The zero-order valence-corrected chi connectivity index (χ0v) is 10.8. The lowest BCUT2D eigenvalue weighted by molar-refractivity contribution is -0.145. The Morgan fingerprint density at radius 3 is 2.95 bits per heavy atom. The summed E-state index contributed by atoms with van der Waals surface area (Å²) in [5, 5.41) is 0. The van der Waals surface area contributed by atoms with Gasteiger partial charge in [-0.15, -0.1) is 0 Å². The van der Waals surface area contributed by atoms with Crippen molar-refractivity contribution in [1.82, 2.24) is 0 Å². The van der Waals surface area contributed by atoms with Crippen LogP contribution in [0.25, 0.3) is 0 Å². The molecular weight excluding hydrogens is 260 g/mol. The number of furan rings is 1. The summed E-state index contributed by atoms with van der Waals surface area (Å²) >= 11 is 0. The molecule has 1 aromatic carbocycles. The quantitative estimate of drug-likeness (QED) is 0.784. The molecule has 0 spiro atoms. The summed E-state index contributed by atoms with van der Waals surface area (Å²) in [5.74, 6) is 1.94. The molecule has 104 valence electrons. The van der Waals surface area contributed by atoms with Crippen LogP contribution in [0, 0.1) is 0 Å². The van der Waals surface area contributed by atoms with Crippen LogP contribution in [0.15, 0.2) is 41.0 Å². The van der Waals surface area contributed by atoms with E-state index >= 15 is 0 Å². The third-order valence-corrected chi connectivity index (χ3v) is 2.99. The Kier molecular flexibility index (Phi) is 3.58. The van der Waals surface area contributed by atoms with E-state index in [0.717, 1.165) is 17.1 Å². The van der Waals surface area contributed by atoms with E-state index in [9.17, 15) is 4.79 Å². The Morgan fingerprint density at radius 2 is 2.10 bits per heavy atom. The maximum atomic E-state index is 11.6. The van der Waals surface area contributed by atoms with E-state index in [2.05, 4.69) is 0 Å².